The zero-order chi connectivity index (χ0) is 17.2. The van der Waals surface area contributed by atoms with Crippen LogP contribution in [0.1, 0.15) is 6.42 Å². The minimum atomic E-state index is -0.0223. The van der Waals surface area contributed by atoms with Crippen molar-refractivity contribution in [3.8, 4) is 11.4 Å². The Morgan fingerprint density at radius 1 is 1.23 bits per heavy atom. The Morgan fingerprint density at radius 2 is 2.00 bits per heavy atom. The lowest BCUT2D eigenvalue weighted by Gasteiger charge is -2.15. The predicted octanol–water partition coefficient (Wildman–Crippen LogP) is 3.00. The summed E-state index contributed by atoms with van der Waals surface area (Å²) in [5, 5.41) is 6.23. The van der Waals surface area contributed by atoms with Crippen molar-refractivity contribution in [3.05, 3.63) is 48.5 Å². The summed E-state index contributed by atoms with van der Waals surface area (Å²) in [4.78, 5) is 17.2. The van der Waals surface area contributed by atoms with E-state index in [9.17, 15) is 4.79 Å². The topological polar surface area (TPSA) is 68.2 Å². The first-order valence-corrected chi connectivity index (χ1v) is 8.40. The molecule has 1 fully saturated rings. The molecule has 0 saturated carbocycles. The van der Waals surface area contributed by atoms with E-state index in [0.717, 1.165) is 35.4 Å². The van der Waals surface area contributed by atoms with Crippen LogP contribution in [-0.4, -0.2) is 35.7 Å². The van der Waals surface area contributed by atoms with Gasteiger partial charge in [0.25, 0.3) is 0 Å². The highest BCUT2D eigenvalue weighted by molar-refractivity contribution is 5.94. The smallest absolute Gasteiger partial charge is 0.231 e. The lowest BCUT2D eigenvalue weighted by atomic mass is 10.1. The van der Waals surface area contributed by atoms with E-state index in [2.05, 4.69) is 15.6 Å². The second-order valence-corrected chi connectivity index (χ2v) is 6.11. The van der Waals surface area contributed by atoms with Crippen LogP contribution in [0.25, 0.3) is 16.7 Å². The van der Waals surface area contributed by atoms with E-state index < -0.39 is 0 Å². The van der Waals surface area contributed by atoms with Crippen molar-refractivity contribution in [2.24, 2.45) is 5.92 Å². The van der Waals surface area contributed by atoms with Gasteiger partial charge in [0, 0.05) is 6.54 Å². The number of ether oxygens (including phenoxy) is 1. The molecule has 7 heteroatoms. The molecule has 1 unspecified atom stereocenters. The Kier molecular flexibility index (Phi) is 5.44. The van der Waals surface area contributed by atoms with Crippen LogP contribution < -0.4 is 15.4 Å². The molecule has 0 aliphatic carbocycles. The number of fused-ring (bicyclic) bond motifs is 1. The predicted molar refractivity (Wildman–Crippen MR) is 104 cm³/mol. The molecule has 3 aromatic rings. The number of hydrogen-bond acceptors (Lipinski definition) is 4. The molecular weight excluding hydrogens is 352 g/mol. The van der Waals surface area contributed by atoms with Gasteiger partial charge in [-0.3, -0.25) is 14.7 Å². The summed E-state index contributed by atoms with van der Waals surface area (Å²) >= 11 is 0. The number of para-hydroxylation sites is 4. The maximum atomic E-state index is 12.6. The molecule has 2 aromatic carbocycles. The number of nitrogens with one attached hydrogen (secondary N) is 2. The molecular formula is C19H21ClN4O2. The van der Waals surface area contributed by atoms with E-state index in [1.54, 1.807) is 7.11 Å². The second-order valence-electron chi connectivity index (χ2n) is 6.11. The Bertz CT molecular complexity index is 919. The first-order valence-electron chi connectivity index (χ1n) is 8.40. The number of carbonyl (C=O) groups is 1. The highest BCUT2D eigenvalue weighted by atomic mass is 35.5. The van der Waals surface area contributed by atoms with Crippen LogP contribution in [0.4, 0.5) is 5.95 Å². The zero-order valence-corrected chi connectivity index (χ0v) is 15.3. The maximum absolute atomic E-state index is 12.6. The number of methoxy groups -OCH3 is 1. The third kappa shape index (κ3) is 3.25. The molecule has 0 radical (unpaired) electrons. The van der Waals surface area contributed by atoms with Gasteiger partial charge >= 0.3 is 0 Å². The zero-order valence-electron chi connectivity index (χ0n) is 14.4. The lowest BCUT2D eigenvalue weighted by Crippen LogP contribution is -2.26. The molecule has 1 saturated heterocycles. The molecule has 26 heavy (non-hydrogen) atoms. The minimum absolute atomic E-state index is 0. The monoisotopic (exact) mass is 372 g/mol. The summed E-state index contributed by atoms with van der Waals surface area (Å²) in [7, 11) is 1.64. The average Bonchev–Trinajstić information content (AvgIpc) is 3.29. The standard InChI is InChI=1S/C19H20N4O2.ClH/c1-25-17-9-5-4-8-16(17)23-15-7-3-2-6-14(15)21-19(23)22-18(24)13-10-11-20-12-13;/h2-9,13,20H,10-12H2,1H3,(H,21,22,24);1H. The fourth-order valence-electron chi connectivity index (χ4n) is 3.26. The lowest BCUT2D eigenvalue weighted by molar-refractivity contribution is -0.119. The van der Waals surface area contributed by atoms with Crippen LogP contribution in [-0.2, 0) is 4.79 Å². The molecule has 2 N–H and O–H groups in total. The molecule has 2 heterocycles. The van der Waals surface area contributed by atoms with E-state index >= 15 is 0 Å². The van der Waals surface area contributed by atoms with Gasteiger partial charge in [0.05, 0.1) is 29.7 Å². The Morgan fingerprint density at radius 3 is 2.77 bits per heavy atom. The second kappa shape index (κ2) is 7.76. The molecule has 4 rings (SSSR count). The van der Waals surface area contributed by atoms with Crippen molar-refractivity contribution in [2.45, 2.75) is 6.42 Å². The van der Waals surface area contributed by atoms with Gasteiger partial charge in [-0.05, 0) is 37.2 Å². The molecule has 6 nitrogen and oxygen atoms in total. The summed E-state index contributed by atoms with van der Waals surface area (Å²) in [6, 6.07) is 15.5. The van der Waals surface area contributed by atoms with Crippen molar-refractivity contribution in [3.63, 3.8) is 0 Å². The van der Waals surface area contributed by atoms with Crippen LogP contribution in [0.15, 0.2) is 48.5 Å². The number of amides is 1. The molecule has 0 bridgehead atoms. The van der Waals surface area contributed by atoms with Crippen LogP contribution >= 0.6 is 12.4 Å². The SMILES string of the molecule is COc1ccccc1-n1c(NC(=O)C2CCNC2)nc2ccccc21.Cl. The van der Waals surface area contributed by atoms with E-state index in [-0.39, 0.29) is 24.2 Å². The van der Waals surface area contributed by atoms with Gasteiger partial charge in [-0.15, -0.1) is 12.4 Å². The summed E-state index contributed by atoms with van der Waals surface area (Å²) in [6.07, 6.45) is 0.848. The molecule has 1 atom stereocenters. The fraction of sp³-hybridized carbons (Fsp3) is 0.263. The number of carbonyl (C=O) groups excluding carboxylic acids is 1. The Balaban J connectivity index is 0.00000196. The number of imidazole rings is 1. The normalized spacial score (nSPS) is 16.3. The summed E-state index contributed by atoms with van der Waals surface area (Å²) in [5.74, 6) is 1.22. The van der Waals surface area contributed by atoms with Gasteiger partial charge < -0.3 is 10.1 Å². The molecule has 136 valence electrons. The fourth-order valence-corrected chi connectivity index (χ4v) is 3.26. The van der Waals surface area contributed by atoms with Crippen LogP contribution in [0.3, 0.4) is 0 Å². The Labute approximate surface area is 158 Å². The van der Waals surface area contributed by atoms with Crippen LogP contribution in [0, 0.1) is 5.92 Å². The largest absolute Gasteiger partial charge is 0.495 e. The minimum Gasteiger partial charge on any atom is -0.495 e. The van der Waals surface area contributed by atoms with Crippen molar-refractivity contribution >= 4 is 35.3 Å². The highest BCUT2D eigenvalue weighted by Crippen LogP contribution is 2.30. The molecule has 1 aliphatic rings. The first kappa shape index (κ1) is 18.2. The first-order chi connectivity index (χ1) is 12.3. The Hall–Kier alpha value is -2.57. The number of rotatable bonds is 4. The van der Waals surface area contributed by atoms with Crippen molar-refractivity contribution < 1.29 is 9.53 Å². The number of anilines is 1. The van der Waals surface area contributed by atoms with Gasteiger partial charge in [0.1, 0.15) is 5.75 Å². The van der Waals surface area contributed by atoms with Crippen LogP contribution in [0.2, 0.25) is 0 Å². The van der Waals surface area contributed by atoms with Crippen molar-refractivity contribution in [1.82, 2.24) is 14.9 Å². The number of aromatic nitrogens is 2. The van der Waals surface area contributed by atoms with Crippen LogP contribution in [0.5, 0.6) is 5.75 Å². The molecule has 1 aliphatic heterocycles. The quantitative estimate of drug-likeness (QED) is 0.738. The molecule has 1 amide bonds. The summed E-state index contributed by atoms with van der Waals surface area (Å²) in [5.41, 5.74) is 2.60. The van der Waals surface area contributed by atoms with E-state index in [0.29, 0.717) is 12.5 Å². The van der Waals surface area contributed by atoms with Crippen molar-refractivity contribution in [1.29, 1.82) is 0 Å². The summed E-state index contributed by atoms with van der Waals surface area (Å²) < 4.78 is 7.45. The average molecular weight is 373 g/mol. The van der Waals surface area contributed by atoms with Gasteiger partial charge in [0.2, 0.25) is 11.9 Å². The van der Waals surface area contributed by atoms with E-state index in [4.69, 9.17) is 4.74 Å². The highest BCUT2D eigenvalue weighted by Gasteiger charge is 2.25. The van der Waals surface area contributed by atoms with E-state index in [1.807, 2.05) is 53.1 Å². The van der Waals surface area contributed by atoms with Gasteiger partial charge in [0.15, 0.2) is 0 Å². The third-order valence-electron chi connectivity index (χ3n) is 4.55. The van der Waals surface area contributed by atoms with Gasteiger partial charge in [-0.1, -0.05) is 24.3 Å². The third-order valence-corrected chi connectivity index (χ3v) is 4.55. The van der Waals surface area contributed by atoms with E-state index in [1.165, 1.54) is 0 Å². The molecule has 1 aromatic heterocycles. The number of nitrogens with zero attached hydrogens (tertiary/aromatic N) is 2. The number of hydrogen-bond donors (Lipinski definition) is 2. The molecule has 0 spiro atoms. The van der Waals surface area contributed by atoms with Gasteiger partial charge in [-0.25, -0.2) is 4.98 Å². The maximum Gasteiger partial charge on any atom is 0.231 e. The number of halogens is 1. The number of benzene rings is 2. The van der Waals surface area contributed by atoms with Gasteiger partial charge in [-0.2, -0.15) is 0 Å². The summed E-state index contributed by atoms with van der Waals surface area (Å²) in [6.45, 7) is 1.59. The van der Waals surface area contributed by atoms with Crippen molar-refractivity contribution in [2.75, 3.05) is 25.5 Å².